The summed E-state index contributed by atoms with van der Waals surface area (Å²) in [6.45, 7) is 5.55. The fraction of sp³-hybridized carbons (Fsp3) is 0.500. The van der Waals surface area contributed by atoms with Crippen molar-refractivity contribution >= 4 is 5.91 Å². The van der Waals surface area contributed by atoms with Crippen LogP contribution in [0.15, 0.2) is 18.2 Å². The number of unbranched alkanes of at least 4 members (excludes halogenated alkanes) is 1. The average molecular weight is 250 g/mol. The van der Waals surface area contributed by atoms with Gasteiger partial charge in [0.2, 0.25) is 0 Å². The van der Waals surface area contributed by atoms with Crippen molar-refractivity contribution in [2.75, 3.05) is 19.6 Å². The topological polar surface area (TPSA) is 66.6 Å². The fourth-order valence-electron chi connectivity index (χ4n) is 1.85. The Kier molecular flexibility index (Phi) is 5.65. The SMILES string of the molecule is CCCCN(CCN)C(=O)c1cccc(O)c1C. The van der Waals surface area contributed by atoms with Crippen molar-refractivity contribution < 1.29 is 9.90 Å². The van der Waals surface area contributed by atoms with E-state index in [1.165, 1.54) is 0 Å². The molecule has 0 atom stereocenters. The molecular weight excluding hydrogens is 228 g/mol. The number of nitrogens with two attached hydrogens (primary N) is 1. The van der Waals surface area contributed by atoms with E-state index in [0.717, 1.165) is 12.8 Å². The molecule has 0 spiro atoms. The molecule has 0 bridgehead atoms. The van der Waals surface area contributed by atoms with Crippen LogP contribution in [0, 0.1) is 6.92 Å². The highest BCUT2D eigenvalue weighted by Crippen LogP contribution is 2.21. The van der Waals surface area contributed by atoms with Crippen molar-refractivity contribution in [3.63, 3.8) is 0 Å². The highest BCUT2D eigenvalue weighted by molar-refractivity contribution is 5.96. The largest absolute Gasteiger partial charge is 0.508 e. The molecule has 0 aliphatic heterocycles. The van der Waals surface area contributed by atoms with E-state index in [-0.39, 0.29) is 11.7 Å². The zero-order chi connectivity index (χ0) is 13.5. The smallest absolute Gasteiger partial charge is 0.254 e. The minimum atomic E-state index is -0.0534. The molecule has 0 aliphatic carbocycles. The summed E-state index contributed by atoms with van der Waals surface area (Å²) in [5.41, 5.74) is 6.72. The van der Waals surface area contributed by atoms with Crippen LogP contribution >= 0.6 is 0 Å². The summed E-state index contributed by atoms with van der Waals surface area (Å²) in [7, 11) is 0. The van der Waals surface area contributed by atoms with Gasteiger partial charge < -0.3 is 15.7 Å². The molecule has 0 unspecified atom stereocenters. The second-order valence-electron chi connectivity index (χ2n) is 4.38. The Balaban J connectivity index is 2.90. The number of phenols is 1. The maximum atomic E-state index is 12.4. The van der Waals surface area contributed by atoms with Gasteiger partial charge in [-0.15, -0.1) is 0 Å². The molecule has 4 nitrogen and oxygen atoms in total. The van der Waals surface area contributed by atoms with Gasteiger partial charge in [-0.25, -0.2) is 0 Å². The molecule has 0 saturated heterocycles. The molecule has 0 heterocycles. The third-order valence-corrected chi connectivity index (χ3v) is 3.00. The molecule has 0 radical (unpaired) electrons. The van der Waals surface area contributed by atoms with Crippen LogP contribution < -0.4 is 5.73 Å². The molecule has 0 aromatic heterocycles. The highest BCUT2D eigenvalue weighted by atomic mass is 16.3. The third kappa shape index (κ3) is 3.47. The Morgan fingerprint density at radius 2 is 2.11 bits per heavy atom. The second-order valence-corrected chi connectivity index (χ2v) is 4.38. The average Bonchev–Trinajstić information content (AvgIpc) is 2.37. The number of nitrogens with zero attached hydrogens (tertiary/aromatic N) is 1. The van der Waals surface area contributed by atoms with E-state index < -0.39 is 0 Å². The second kappa shape index (κ2) is 7.01. The van der Waals surface area contributed by atoms with E-state index in [9.17, 15) is 9.90 Å². The van der Waals surface area contributed by atoms with Crippen molar-refractivity contribution in [1.29, 1.82) is 0 Å². The molecule has 1 aromatic carbocycles. The molecule has 0 fully saturated rings. The van der Waals surface area contributed by atoms with Gasteiger partial charge in [0, 0.05) is 30.8 Å². The summed E-state index contributed by atoms with van der Waals surface area (Å²) in [5, 5.41) is 9.64. The predicted octanol–water partition coefficient (Wildman–Crippen LogP) is 1.90. The van der Waals surface area contributed by atoms with Crippen LogP contribution in [0.3, 0.4) is 0 Å². The molecule has 1 rings (SSSR count). The van der Waals surface area contributed by atoms with Gasteiger partial charge >= 0.3 is 0 Å². The molecule has 1 aromatic rings. The minimum Gasteiger partial charge on any atom is -0.508 e. The predicted molar refractivity (Wildman–Crippen MR) is 72.7 cm³/mol. The van der Waals surface area contributed by atoms with Gasteiger partial charge in [0.25, 0.3) is 5.91 Å². The zero-order valence-electron chi connectivity index (χ0n) is 11.1. The standard InChI is InChI=1S/C14H22N2O2/c1-3-4-9-16(10-8-15)14(18)12-6-5-7-13(17)11(12)2/h5-7,17H,3-4,8-10,15H2,1-2H3. The highest BCUT2D eigenvalue weighted by Gasteiger charge is 2.17. The molecule has 1 amide bonds. The maximum Gasteiger partial charge on any atom is 0.254 e. The number of benzene rings is 1. The first kappa shape index (κ1) is 14.5. The van der Waals surface area contributed by atoms with E-state index in [4.69, 9.17) is 5.73 Å². The first-order valence-corrected chi connectivity index (χ1v) is 6.39. The summed E-state index contributed by atoms with van der Waals surface area (Å²) >= 11 is 0. The molecule has 100 valence electrons. The third-order valence-electron chi connectivity index (χ3n) is 3.00. The number of amides is 1. The van der Waals surface area contributed by atoms with Crippen LogP contribution in [0.2, 0.25) is 0 Å². The summed E-state index contributed by atoms with van der Waals surface area (Å²) in [6, 6.07) is 5.02. The first-order chi connectivity index (χ1) is 8.61. The lowest BCUT2D eigenvalue weighted by atomic mass is 10.1. The maximum absolute atomic E-state index is 12.4. The number of hydrogen-bond donors (Lipinski definition) is 2. The van der Waals surface area contributed by atoms with Gasteiger partial charge in [-0.05, 0) is 25.5 Å². The Hall–Kier alpha value is -1.55. The lowest BCUT2D eigenvalue weighted by molar-refractivity contribution is 0.0757. The van der Waals surface area contributed by atoms with Gasteiger partial charge in [0.05, 0.1) is 0 Å². The fourth-order valence-corrected chi connectivity index (χ4v) is 1.85. The van der Waals surface area contributed by atoms with Crippen molar-refractivity contribution in [1.82, 2.24) is 4.90 Å². The van der Waals surface area contributed by atoms with Crippen molar-refractivity contribution in [3.8, 4) is 5.75 Å². The molecule has 18 heavy (non-hydrogen) atoms. The van der Waals surface area contributed by atoms with E-state index in [1.807, 2.05) is 0 Å². The summed E-state index contributed by atoms with van der Waals surface area (Å²) in [5.74, 6) is 0.103. The van der Waals surface area contributed by atoms with Gasteiger partial charge in [-0.1, -0.05) is 19.4 Å². The van der Waals surface area contributed by atoms with Crippen molar-refractivity contribution in [3.05, 3.63) is 29.3 Å². The van der Waals surface area contributed by atoms with Crippen LogP contribution in [0.25, 0.3) is 0 Å². The van der Waals surface area contributed by atoms with E-state index in [1.54, 1.807) is 30.0 Å². The monoisotopic (exact) mass is 250 g/mol. The summed E-state index contributed by atoms with van der Waals surface area (Å²) in [6.07, 6.45) is 2.00. The summed E-state index contributed by atoms with van der Waals surface area (Å²) < 4.78 is 0. The Labute approximate surface area is 108 Å². The molecular formula is C14H22N2O2. The minimum absolute atomic E-state index is 0.0534. The van der Waals surface area contributed by atoms with Gasteiger partial charge in [-0.2, -0.15) is 0 Å². The van der Waals surface area contributed by atoms with Crippen LogP contribution in [0.1, 0.15) is 35.7 Å². The normalized spacial score (nSPS) is 10.4. The zero-order valence-corrected chi connectivity index (χ0v) is 11.1. The van der Waals surface area contributed by atoms with Crippen LogP contribution in [-0.4, -0.2) is 35.5 Å². The number of carbonyl (C=O) groups excluding carboxylic acids is 1. The number of hydrogen-bond acceptors (Lipinski definition) is 3. The van der Waals surface area contributed by atoms with E-state index >= 15 is 0 Å². The molecule has 4 heteroatoms. The summed E-state index contributed by atoms with van der Waals surface area (Å²) in [4.78, 5) is 14.1. The Bertz CT molecular complexity index is 405. The molecule has 0 saturated carbocycles. The Morgan fingerprint density at radius 1 is 1.39 bits per heavy atom. The number of carbonyl (C=O) groups is 1. The van der Waals surface area contributed by atoms with E-state index in [0.29, 0.717) is 30.8 Å². The lowest BCUT2D eigenvalue weighted by Crippen LogP contribution is -2.36. The molecule has 3 N–H and O–H groups in total. The molecule has 0 aliphatic rings. The lowest BCUT2D eigenvalue weighted by Gasteiger charge is -2.22. The van der Waals surface area contributed by atoms with Crippen LogP contribution in [-0.2, 0) is 0 Å². The van der Waals surface area contributed by atoms with Gasteiger partial charge in [0.15, 0.2) is 0 Å². The van der Waals surface area contributed by atoms with Gasteiger partial charge in [0.1, 0.15) is 5.75 Å². The quantitative estimate of drug-likeness (QED) is 0.810. The number of rotatable bonds is 6. The van der Waals surface area contributed by atoms with Crippen molar-refractivity contribution in [2.45, 2.75) is 26.7 Å². The van der Waals surface area contributed by atoms with Crippen LogP contribution in [0.4, 0.5) is 0 Å². The van der Waals surface area contributed by atoms with Gasteiger partial charge in [-0.3, -0.25) is 4.79 Å². The van der Waals surface area contributed by atoms with Crippen molar-refractivity contribution in [2.24, 2.45) is 5.73 Å². The number of aromatic hydroxyl groups is 1. The number of phenolic OH excluding ortho intramolecular Hbond substituents is 1. The van der Waals surface area contributed by atoms with Crippen LogP contribution in [0.5, 0.6) is 5.75 Å². The first-order valence-electron chi connectivity index (χ1n) is 6.39. The van der Waals surface area contributed by atoms with E-state index in [2.05, 4.69) is 6.92 Å². The Morgan fingerprint density at radius 3 is 2.72 bits per heavy atom.